The molecule has 18 heavy (non-hydrogen) atoms. The van der Waals surface area contributed by atoms with Crippen molar-refractivity contribution >= 4 is 21.8 Å². The van der Waals surface area contributed by atoms with Gasteiger partial charge in [0.15, 0.2) is 0 Å². The second-order valence-corrected chi connectivity index (χ2v) is 8.36. The summed E-state index contributed by atoms with van der Waals surface area (Å²) in [5.74, 6) is 2.43. The van der Waals surface area contributed by atoms with E-state index in [4.69, 9.17) is 0 Å². The molecule has 2 aliphatic heterocycles. The van der Waals surface area contributed by atoms with Gasteiger partial charge in [-0.1, -0.05) is 6.42 Å². The summed E-state index contributed by atoms with van der Waals surface area (Å²) in [7, 11) is -3.08. The van der Waals surface area contributed by atoms with Gasteiger partial charge in [-0.05, 0) is 50.2 Å². The van der Waals surface area contributed by atoms with E-state index in [1.807, 2.05) is 11.8 Å². The molecule has 0 aliphatic carbocycles. The third kappa shape index (κ3) is 5.07. The Kier molecular flexibility index (Phi) is 5.79. The number of rotatable bonds is 5. The lowest BCUT2D eigenvalue weighted by Gasteiger charge is -2.25. The van der Waals surface area contributed by atoms with Gasteiger partial charge in [0.1, 0.15) is 0 Å². The summed E-state index contributed by atoms with van der Waals surface area (Å²) in [5.41, 5.74) is 0. The molecular formula is C12H24N2O2S2. The van der Waals surface area contributed by atoms with Crippen LogP contribution in [0.15, 0.2) is 0 Å². The average molecular weight is 292 g/mol. The highest BCUT2D eigenvalue weighted by atomic mass is 32.2. The van der Waals surface area contributed by atoms with Gasteiger partial charge in [0.25, 0.3) is 0 Å². The summed E-state index contributed by atoms with van der Waals surface area (Å²) in [5, 5.41) is 3.40. The number of hydrogen-bond donors (Lipinski definition) is 2. The maximum atomic E-state index is 12.0. The molecular weight excluding hydrogens is 268 g/mol. The molecule has 2 N–H and O–H groups in total. The lowest BCUT2D eigenvalue weighted by molar-refractivity contribution is 0.391. The highest BCUT2D eigenvalue weighted by molar-refractivity contribution is 7.99. The van der Waals surface area contributed by atoms with Crippen LogP contribution in [0.3, 0.4) is 0 Å². The van der Waals surface area contributed by atoms with Crippen LogP contribution >= 0.6 is 11.8 Å². The Balaban J connectivity index is 1.72. The largest absolute Gasteiger partial charge is 0.314 e. The lowest BCUT2D eigenvalue weighted by atomic mass is 10.0. The average Bonchev–Trinajstić information content (AvgIpc) is 2.38. The monoisotopic (exact) mass is 292 g/mol. The van der Waals surface area contributed by atoms with E-state index >= 15 is 0 Å². The maximum absolute atomic E-state index is 12.0. The summed E-state index contributed by atoms with van der Waals surface area (Å²) in [6.45, 7) is 1.04. The van der Waals surface area contributed by atoms with Crippen LogP contribution in [0.5, 0.6) is 0 Å². The second kappa shape index (κ2) is 7.12. The molecule has 0 bridgehead atoms. The topological polar surface area (TPSA) is 58.2 Å². The molecule has 0 spiro atoms. The first-order valence-electron chi connectivity index (χ1n) is 6.97. The maximum Gasteiger partial charge on any atom is 0.211 e. The van der Waals surface area contributed by atoms with Crippen LogP contribution in [0.25, 0.3) is 0 Å². The van der Waals surface area contributed by atoms with Gasteiger partial charge in [0.05, 0.1) is 5.75 Å². The highest BCUT2D eigenvalue weighted by Crippen LogP contribution is 2.18. The number of thioether (sulfide) groups is 1. The lowest BCUT2D eigenvalue weighted by Crippen LogP contribution is -2.41. The third-order valence-electron chi connectivity index (χ3n) is 3.71. The Morgan fingerprint density at radius 3 is 2.61 bits per heavy atom. The van der Waals surface area contributed by atoms with Crippen molar-refractivity contribution in [3.05, 3.63) is 0 Å². The minimum atomic E-state index is -3.08. The van der Waals surface area contributed by atoms with Crippen molar-refractivity contribution in [2.75, 3.05) is 23.8 Å². The Hall–Kier alpha value is 0.220. The summed E-state index contributed by atoms with van der Waals surface area (Å²) >= 11 is 1.92. The number of nitrogens with one attached hydrogen (secondary N) is 2. The van der Waals surface area contributed by atoms with Crippen LogP contribution < -0.4 is 10.0 Å². The normalized spacial score (nSPS) is 27.2. The molecule has 106 valence electrons. The fourth-order valence-corrected chi connectivity index (χ4v) is 5.16. The number of hydrogen-bond acceptors (Lipinski definition) is 4. The SMILES string of the molecule is O=S(=O)(CCC1CCCCN1)NC1CCSCC1. The molecule has 0 amide bonds. The van der Waals surface area contributed by atoms with E-state index in [0.29, 0.717) is 6.04 Å². The van der Waals surface area contributed by atoms with Gasteiger partial charge < -0.3 is 5.32 Å². The van der Waals surface area contributed by atoms with Crippen molar-refractivity contribution in [2.24, 2.45) is 0 Å². The van der Waals surface area contributed by atoms with Gasteiger partial charge in [-0.15, -0.1) is 0 Å². The van der Waals surface area contributed by atoms with E-state index in [9.17, 15) is 8.42 Å². The molecule has 1 unspecified atom stereocenters. The minimum Gasteiger partial charge on any atom is -0.314 e. The van der Waals surface area contributed by atoms with E-state index in [-0.39, 0.29) is 11.8 Å². The fraction of sp³-hybridized carbons (Fsp3) is 1.00. The molecule has 0 aromatic carbocycles. The fourth-order valence-electron chi connectivity index (χ4n) is 2.60. The molecule has 0 aromatic heterocycles. The van der Waals surface area contributed by atoms with E-state index in [0.717, 1.165) is 43.7 Å². The van der Waals surface area contributed by atoms with Crippen LogP contribution in [0.2, 0.25) is 0 Å². The van der Waals surface area contributed by atoms with E-state index in [1.165, 1.54) is 12.8 Å². The van der Waals surface area contributed by atoms with E-state index in [2.05, 4.69) is 10.0 Å². The smallest absolute Gasteiger partial charge is 0.211 e. The summed E-state index contributed by atoms with van der Waals surface area (Å²) in [6, 6.07) is 0.577. The van der Waals surface area contributed by atoms with E-state index < -0.39 is 10.0 Å². The third-order valence-corrected chi connectivity index (χ3v) is 6.23. The van der Waals surface area contributed by atoms with Crippen LogP contribution in [-0.2, 0) is 10.0 Å². The Morgan fingerprint density at radius 1 is 1.17 bits per heavy atom. The van der Waals surface area contributed by atoms with Crippen LogP contribution in [0.1, 0.15) is 38.5 Å². The first-order chi connectivity index (χ1) is 8.66. The second-order valence-electron chi connectivity index (χ2n) is 5.26. The summed E-state index contributed by atoms with van der Waals surface area (Å²) < 4.78 is 26.9. The van der Waals surface area contributed by atoms with E-state index in [1.54, 1.807) is 0 Å². The van der Waals surface area contributed by atoms with Crippen molar-refractivity contribution in [3.8, 4) is 0 Å². The van der Waals surface area contributed by atoms with Crippen molar-refractivity contribution < 1.29 is 8.42 Å². The Labute approximate surface area is 115 Å². The van der Waals surface area contributed by atoms with Crippen molar-refractivity contribution in [1.29, 1.82) is 0 Å². The first-order valence-corrected chi connectivity index (χ1v) is 9.77. The molecule has 0 radical (unpaired) electrons. The van der Waals surface area contributed by atoms with Crippen molar-refractivity contribution in [1.82, 2.24) is 10.0 Å². The Bertz CT molecular complexity index is 334. The van der Waals surface area contributed by atoms with Gasteiger partial charge in [-0.2, -0.15) is 11.8 Å². The van der Waals surface area contributed by atoms with Gasteiger partial charge in [0, 0.05) is 12.1 Å². The van der Waals surface area contributed by atoms with Crippen LogP contribution in [-0.4, -0.2) is 44.3 Å². The van der Waals surface area contributed by atoms with Gasteiger partial charge in [0.2, 0.25) is 10.0 Å². The number of piperidine rings is 1. The zero-order valence-corrected chi connectivity index (χ0v) is 12.5. The highest BCUT2D eigenvalue weighted by Gasteiger charge is 2.22. The van der Waals surface area contributed by atoms with Crippen molar-refractivity contribution in [2.45, 2.75) is 50.6 Å². The zero-order chi connectivity index (χ0) is 12.8. The zero-order valence-electron chi connectivity index (χ0n) is 10.9. The predicted molar refractivity (Wildman–Crippen MR) is 77.5 cm³/mol. The van der Waals surface area contributed by atoms with Crippen LogP contribution in [0, 0.1) is 0 Å². The molecule has 0 saturated carbocycles. The minimum absolute atomic E-state index is 0.176. The van der Waals surface area contributed by atoms with Gasteiger partial charge >= 0.3 is 0 Å². The molecule has 2 saturated heterocycles. The molecule has 6 heteroatoms. The first kappa shape index (κ1) is 14.6. The predicted octanol–water partition coefficient (Wildman–Crippen LogP) is 1.33. The Morgan fingerprint density at radius 2 is 1.94 bits per heavy atom. The molecule has 0 aromatic rings. The molecule has 4 nitrogen and oxygen atoms in total. The molecule has 2 aliphatic rings. The van der Waals surface area contributed by atoms with Gasteiger partial charge in [-0.3, -0.25) is 0 Å². The molecule has 1 atom stereocenters. The molecule has 2 rings (SSSR count). The quantitative estimate of drug-likeness (QED) is 0.803. The standard InChI is InChI=1S/C12H24N2O2S2/c15-18(16,14-12-4-8-17-9-5-12)10-6-11-3-1-2-7-13-11/h11-14H,1-10H2. The molecule has 2 heterocycles. The van der Waals surface area contributed by atoms with Crippen LogP contribution in [0.4, 0.5) is 0 Å². The van der Waals surface area contributed by atoms with Crippen molar-refractivity contribution in [3.63, 3.8) is 0 Å². The number of sulfonamides is 1. The molecule has 2 fully saturated rings. The summed E-state index contributed by atoms with van der Waals surface area (Å²) in [4.78, 5) is 0. The van der Waals surface area contributed by atoms with Gasteiger partial charge in [-0.25, -0.2) is 13.1 Å². The summed E-state index contributed by atoms with van der Waals surface area (Å²) in [6.07, 6.45) is 6.27.